The van der Waals surface area contributed by atoms with Crippen molar-refractivity contribution in [3.05, 3.63) is 97.1 Å². The highest BCUT2D eigenvalue weighted by atomic mass is 16.5. The van der Waals surface area contributed by atoms with Crippen molar-refractivity contribution in [3.63, 3.8) is 0 Å². The molecule has 0 aliphatic rings. The van der Waals surface area contributed by atoms with Crippen LogP contribution < -0.4 is 15.4 Å². The molecule has 0 heterocycles. The number of rotatable bonds is 6. The van der Waals surface area contributed by atoms with Crippen LogP contribution >= 0.6 is 0 Å². The molecule has 0 aromatic heterocycles. The molecule has 4 heteroatoms. The van der Waals surface area contributed by atoms with E-state index in [-0.39, 0.29) is 12.5 Å². The van der Waals surface area contributed by atoms with Crippen LogP contribution in [0.25, 0.3) is 10.8 Å². The number of carbonyl (C=O) groups excluding carboxylic acids is 1. The van der Waals surface area contributed by atoms with E-state index < -0.39 is 0 Å². The Hall–Kier alpha value is -3.79. The molecule has 4 aromatic carbocycles. The number of nitrogens with one attached hydrogen (secondary N) is 2. The Morgan fingerprint density at radius 2 is 1.32 bits per heavy atom. The quantitative estimate of drug-likeness (QED) is 0.460. The Kier molecular flexibility index (Phi) is 5.20. The van der Waals surface area contributed by atoms with Crippen LogP contribution in [0.3, 0.4) is 0 Å². The number of hydrogen-bond donors (Lipinski definition) is 2. The molecule has 138 valence electrons. The normalized spacial score (nSPS) is 10.4. The van der Waals surface area contributed by atoms with Crippen molar-refractivity contribution in [2.24, 2.45) is 0 Å². The summed E-state index contributed by atoms with van der Waals surface area (Å²) in [5.74, 6) is 1.44. The van der Waals surface area contributed by atoms with Gasteiger partial charge in [0.15, 0.2) is 0 Å². The Morgan fingerprint density at radius 1 is 0.679 bits per heavy atom. The van der Waals surface area contributed by atoms with E-state index in [1.54, 1.807) is 0 Å². The zero-order valence-electron chi connectivity index (χ0n) is 15.3. The van der Waals surface area contributed by atoms with Crippen LogP contribution in [0.1, 0.15) is 0 Å². The molecule has 0 saturated carbocycles. The van der Waals surface area contributed by atoms with E-state index in [9.17, 15) is 4.79 Å². The van der Waals surface area contributed by atoms with E-state index >= 15 is 0 Å². The van der Waals surface area contributed by atoms with E-state index in [1.165, 1.54) is 0 Å². The molecule has 4 nitrogen and oxygen atoms in total. The van der Waals surface area contributed by atoms with E-state index in [0.29, 0.717) is 0 Å². The number of para-hydroxylation sites is 1. The summed E-state index contributed by atoms with van der Waals surface area (Å²) < 4.78 is 5.77. The van der Waals surface area contributed by atoms with Crippen molar-refractivity contribution in [1.29, 1.82) is 0 Å². The van der Waals surface area contributed by atoms with Crippen molar-refractivity contribution >= 4 is 28.1 Å². The molecule has 0 atom stereocenters. The largest absolute Gasteiger partial charge is 0.457 e. The minimum atomic E-state index is -0.0973. The van der Waals surface area contributed by atoms with Crippen molar-refractivity contribution in [1.82, 2.24) is 0 Å². The minimum Gasteiger partial charge on any atom is -0.457 e. The molecule has 1 amide bonds. The van der Waals surface area contributed by atoms with E-state index in [1.807, 2.05) is 97.1 Å². The van der Waals surface area contributed by atoms with Crippen LogP contribution in [0.5, 0.6) is 11.5 Å². The molecule has 28 heavy (non-hydrogen) atoms. The fourth-order valence-electron chi connectivity index (χ4n) is 2.92. The Bertz CT molecular complexity index is 1080. The van der Waals surface area contributed by atoms with E-state index in [2.05, 4.69) is 10.6 Å². The molecule has 0 spiro atoms. The van der Waals surface area contributed by atoms with Crippen molar-refractivity contribution in [3.8, 4) is 11.5 Å². The van der Waals surface area contributed by atoms with Crippen LogP contribution in [-0.2, 0) is 4.79 Å². The Balaban J connectivity index is 1.31. The third-order valence-corrected chi connectivity index (χ3v) is 4.32. The highest BCUT2D eigenvalue weighted by Gasteiger charge is 2.04. The van der Waals surface area contributed by atoms with Gasteiger partial charge in [-0.25, -0.2) is 0 Å². The third-order valence-electron chi connectivity index (χ3n) is 4.32. The van der Waals surface area contributed by atoms with Crippen LogP contribution in [0.15, 0.2) is 97.1 Å². The summed E-state index contributed by atoms with van der Waals surface area (Å²) in [7, 11) is 0. The standard InChI is InChI=1S/C24H20N2O2/c27-24(26-21-11-10-18-6-4-5-7-19(18)16-21)17-25-20-12-14-23(15-13-20)28-22-8-2-1-3-9-22/h1-16,25H,17H2,(H,26,27). The summed E-state index contributed by atoms with van der Waals surface area (Å²) in [4.78, 5) is 12.2. The molecular formula is C24H20N2O2. The van der Waals surface area contributed by atoms with Gasteiger partial charge in [-0.2, -0.15) is 0 Å². The second-order valence-corrected chi connectivity index (χ2v) is 6.40. The Morgan fingerprint density at radius 3 is 2.11 bits per heavy atom. The fourth-order valence-corrected chi connectivity index (χ4v) is 2.92. The fraction of sp³-hybridized carbons (Fsp3) is 0.0417. The molecule has 0 fully saturated rings. The van der Waals surface area contributed by atoms with Crippen LogP contribution in [0.2, 0.25) is 0 Å². The van der Waals surface area contributed by atoms with Gasteiger partial charge >= 0.3 is 0 Å². The van der Waals surface area contributed by atoms with Crippen molar-refractivity contribution < 1.29 is 9.53 Å². The van der Waals surface area contributed by atoms with Gasteiger partial charge in [0.05, 0.1) is 6.54 Å². The number of anilines is 2. The summed E-state index contributed by atoms with van der Waals surface area (Å²) in [6.45, 7) is 0.186. The maximum atomic E-state index is 12.2. The SMILES string of the molecule is O=C(CNc1ccc(Oc2ccccc2)cc1)Nc1ccc2ccccc2c1. The topological polar surface area (TPSA) is 50.4 Å². The summed E-state index contributed by atoms with van der Waals surface area (Å²) >= 11 is 0. The van der Waals surface area contributed by atoms with Gasteiger partial charge in [-0.1, -0.05) is 48.5 Å². The first-order chi connectivity index (χ1) is 13.8. The van der Waals surface area contributed by atoms with E-state index in [0.717, 1.165) is 33.6 Å². The van der Waals surface area contributed by atoms with Gasteiger partial charge in [0.2, 0.25) is 5.91 Å². The summed E-state index contributed by atoms with van der Waals surface area (Å²) in [6.07, 6.45) is 0. The molecule has 0 aliphatic carbocycles. The lowest BCUT2D eigenvalue weighted by atomic mass is 10.1. The molecule has 0 bridgehead atoms. The first-order valence-corrected chi connectivity index (χ1v) is 9.12. The molecule has 0 unspecified atom stereocenters. The molecule has 0 radical (unpaired) electrons. The minimum absolute atomic E-state index is 0.0973. The Labute approximate surface area is 163 Å². The number of carbonyl (C=O) groups is 1. The second-order valence-electron chi connectivity index (χ2n) is 6.40. The lowest BCUT2D eigenvalue weighted by molar-refractivity contribution is -0.114. The van der Waals surface area contributed by atoms with Gasteiger partial charge in [0.25, 0.3) is 0 Å². The van der Waals surface area contributed by atoms with Crippen LogP contribution in [0, 0.1) is 0 Å². The molecule has 4 rings (SSSR count). The molecular weight excluding hydrogens is 348 g/mol. The predicted molar refractivity (Wildman–Crippen MR) is 114 cm³/mol. The zero-order valence-corrected chi connectivity index (χ0v) is 15.3. The number of ether oxygens (including phenoxy) is 1. The van der Waals surface area contributed by atoms with Gasteiger partial charge in [0.1, 0.15) is 11.5 Å². The predicted octanol–water partition coefficient (Wildman–Crippen LogP) is 5.68. The number of benzene rings is 4. The van der Waals surface area contributed by atoms with Gasteiger partial charge < -0.3 is 15.4 Å². The highest BCUT2D eigenvalue weighted by molar-refractivity contribution is 5.96. The maximum absolute atomic E-state index is 12.2. The molecule has 2 N–H and O–H groups in total. The van der Waals surface area contributed by atoms with Crippen LogP contribution in [-0.4, -0.2) is 12.5 Å². The smallest absolute Gasteiger partial charge is 0.243 e. The van der Waals surface area contributed by atoms with Gasteiger partial charge in [-0.15, -0.1) is 0 Å². The summed E-state index contributed by atoms with van der Waals surface area (Å²) in [5.41, 5.74) is 1.64. The van der Waals surface area contributed by atoms with Gasteiger partial charge in [0, 0.05) is 11.4 Å². The molecule has 0 saturated heterocycles. The number of amides is 1. The van der Waals surface area contributed by atoms with Gasteiger partial charge in [-0.3, -0.25) is 4.79 Å². The summed E-state index contributed by atoms with van der Waals surface area (Å²) in [6, 6.07) is 31.1. The molecule has 4 aromatic rings. The average molecular weight is 368 g/mol. The lowest BCUT2D eigenvalue weighted by Gasteiger charge is -2.10. The number of fused-ring (bicyclic) bond motifs is 1. The van der Waals surface area contributed by atoms with Crippen molar-refractivity contribution in [2.45, 2.75) is 0 Å². The lowest BCUT2D eigenvalue weighted by Crippen LogP contribution is -2.21. The third kappa shape index (κ3) is 4.48. The summed E-state index contributed by atoms with van der Waals surface area (Å²) in [5, 5.41) is 8.30. The number of hydrogen-bond acceptors (Lipinski definition) is 3. The first-order valence-electron chi connectivity index (χ1n) is 9.12. The zero-order chi connectivity index (χ0) is 19.2. The monoisotopic (exact) mass is 368 g/mol. The van der Waals surface area contributed by atoms with E-state index in [4.69, 9.17) is 4.74 Å². The highest BCUT2D eigenvalue weighted by Crippen LogP contribution is 2.22. The van der Waals surface area contributed by atoms with Gasteiger partial charge in [-0.05, 0) is 59.3 Å². The molecule has 0 aliphatic heterocycles. The first kappa shape index (κ1) is 17.6. The second kappa shape index (κ2) is 8.27. The van der Waals surface area contributed by atoms with Crippen LogP contribution in [0.4, 0.5) is 11.4 Å². The average Bonchev–Trinajstić information content (AvgIpc) is 2.74. The van der Waals surface area contributed by atoms with Crippen molar-refractivity contribution in [2.75, 3.05) is 17.2 Å². The maximum Gasteiger partial charge on any atom is 0.243 e.